The van der Waals surface area contributed by atoms with E-state index in [2.05, 4.69) is 0 Å². The Bertz CT molecular complexity index is 709. The molecule has 126 valence electrons. The Morgan fingerprint density at radius 3 is 1.62 bits per heavy atom. The molecule has 0 saturated heterocycles. The van der Waals surface area contributed by atoms with E-state index >= 15 is 0 Å². The highest BCUT2D eigenvalue weighted by molar-refractivity contribution is 7.85. The molecule has 2 rings (SSSR count). The summed E-state index contributed by atoms with van der Waals surface area (Å²) in [5, 5.41) is 17.2. The van der Waals surface area contributed by atoms with Crippen LogP contribution < -0.4 is 9.47 Å². The summed E-state index contributed by atoms with van der Waals surface area (Å²) in [6.45, 7) is -0.983. The second-order valence-corrected chi connectivity index (χ2v) is 6.06. The fourth-order valence-corrected chi connectivity index (χ4v) is 2.91. The van der Waals surface area contributed by atoms with Gasteiger partial charge in [0.2, 0.25) is 0 Å². The SMILES string of the molecule is O=C(O)COc1cccc(S(=O)c2cccc(OCC(=O)O)c2)c1. The van der Waals surface area contributed by atoms with Crippen molar-refractivity contribution in [1.29, 1.82) is 0 Å². The van der Waals surface area contributed by atoms with Crippen LogP contribution in [-0.4, -0.2) is 39.6 Å². The topological polar surface area (TPSA) is 110 Å². The lowest BCUT2D eigenvalue weighted by Crippen LogP contribution is -2.10. The molecule has 0 saturated carbocycles. The van der Waals surface area contributed by atoms with E-state index < -0.39 is 36.0 Å². The third-order valence-electron chi connectivity index (χ3n) is 2.76. The molecule has 0 atom stereocenters. The van der Waals surface area contributed by atoms with E-state index in [-0.39, 0.29) is 0 Å². The van der Waals surface area contributed by atoms with Gasteiger partial charge in [0.25, 0.3) is 0 Å². The first-order chi connectivity index (χ1) is 11.5. The van der Waals surface area contributed by atoms with Gasteiger partial charge in [0.1, 0.15) is 11.5 Å². The maximum atomic E-state index is 12.6. The van der Waals surface area contributed by atoms with Crippen LogP contribution in [0.3, 0.4) is 0 Å². The molecule has 2 aromatic carbocycles. The average molecular weight is 350 g/mol. The van der Waals surface area contributed by atoms with Crippen LogP contribution in [0.5, 0.6) is 11.5 Å². The van der Waals surface area contributed by atoms with Crippen LogP contribution in [0.1, 0.15) is 0 Å². The zero-order valence-electron chi connectivity index (χ0n) is 12.4. The second kappa shape index (κ2) is 8.11. The number of benzene rings is 2. The van der Waals surface area contributed by atoms with Gasteiger partial charge in [-0.2, -0.15) is 0 Å². The van der Waals surface area contributed by atoms with Gasteiger partial charge >= 0.3 is 11.9 Å². The van der Waals surface area contributed by atoms with Gasteiger partial charge in [-0.05, 0) is 36.4 Å². The first-order valence-electron chi connectivity index (χ1n) is 6.77. The zero-order chi connectivity index (χ0) is 17.5. The minimum Gasteiger partial charge on any atom is -0.482 e. The summed E-state index contributed by atoms with van der Waals surface area (Å²) in [5.41, 5.74) is 0. The van der Waals surface area contributed by atoms with E-state index in [1.165, 1.54) is 12.1 Å². The maximum absolute atomic E-state index is 12.6. The van der Waals surface area contributed by atoms with Crippen molar-refractivity contribution in [2.45, 2.75) is 9.79 Å². The molecule has 24 heavy (non-hydrogen) atoms. The highest BCUT2D eigenvalue weighted by Crippen LogP contribution is 2.23. The van der Waals surface area contributed by atoms with Crippen molar-refractivity contribution in [3.63, 3.8) is 0 Å². The quantitative estimate of drug-likeness (QED) is 0.746. The van der Waals surface area contributed by atoms with E-state index in [0.29, 0.717) is 21.3 Å². The lowest BCUT2D eigenvalue weighted by molar-refractivity contribution is -0.140. The monoisotopic (exact) mass is 350 g/mol. The summed E-state index contributed by atoms with van der Waals surface area (Å²) in [4.78, 5) is 21.9. The Morgan fingerprint density at radius 2 is 1.25 bits per heavy atom. The Labute approximate surface area is 139 Å². The number of carboxylic acid groups (broad SMARTS) is 2. The first kappa shape index (κ1) is 17.5. The summed E-state index contributed by atoms with van der Waals surface area (Å²) < 4.78 is 22.7. The van der Waals surface area contributed by atoms with Crippen LogP contribution in [-0.2, 0) is 20.4 Å². The molecule has 0 unspecified atom stereocenters. The van der Waals surface area contributed by atoms with Gasteiger partial charge in [-0.1, -0.05) is 12.1 Å². The molecule has 0 heterocycles. The molecule has 0 aliphatic heterocycles. The van der Waals surface area contributed by atoms with Crippen molar-refractivity contribution in [3.8, 4) is 11.5 Å². The van der Waals surface area contributed by atoms with E-state index in [1.807, 2.05) is 0 Å². The molecule has 0 radical (unpaired) electrons. The van der Waals surface area contributed by atoms with Gasteiger partial charge in [-0.3, -0.25) is 0 Å². The molecule has 8 heteroatoms. The van der Waals surface area contributed by atoms with Crippen LogP contribution in [0.25, 0.3) is 0 Å². The van der Waals surface area contributed by atoms with Gasteiger partial charge in [-0.25, -0.2) is 13.8 Å². The van der Waals surface area contributed by atoms with Crippen LogP contribution >= 0.6 is 0 Å². The van der Waals surface area contributed by atoms with E-state index in [1.54, 1.807) is 36.4 Å². The Hall–Kier alpha value is -2.87. The summed E-state index contributed by atoms with van der Waals surface area (Å²) in [7, 11) is -1.55. The maximum Gasteiger partial charge on any atom is 0.341 e. The summed E-state index contributed by atoms with van der Waals surface area (Å²) >= 11 is 0. The number of carboxylic acids is 2. The number of aliphatic carboxylic acids is 2. The number of rotatable bonds is 8. The highest BCUT2D eigenvalue weighted by atomic mass is 32.2. The Kier molecular flexibility index (Phi) is 5.91. The number of hydrogen-bond donors (Lipinski definition) is 2. The molecule has 0 bridgehead atoms. The lowest BCUT2D eigenvalue weighted by atomic mass is 10.3. The Morgan fingerprint density at radius 1 is 0.833 bits per heavy atom. The minimum absolute atomic E-state index is 0.293. The van der Waals surface area contributed by atoms with Crippen molar-refractivity contribution in [2.24, 2.45) is 0 Å². The molecule has 2 N–H and O–H groups in total. The molecule has 7 nitrogen and oxygen atoms in total. The van der Waals surface area contributed by atoms with Crippen LogP contribution in [0.15, 0.2) is 58.3 Å². The van der Waals surface area contributed by atoms with Gasteiger partial charge in [0.05, 0.1) is 10.8 Å². The minimum atomic E-state index is -1.55. The van der Waals surface area contributed by atoms with Gasteiger partial charge in [0, 0.05) is 9.79 Å². The van der Waals surface area contributed by atoms with Crippen molar-refractivity contribution in [3.05, 3.63) is 48.5 Å². The normalized spacial score (nSPS) is 10.4. The van der Waals surface area contributed by atoms with Crippen molar-refractivity contribution in [2.75, 3.05) is 13.2 Å². The molecule has 0 aromatic heterocycles. The predicted octanol–water partition coefficient (Wildman–Crippen LogP) is 1.78. The summed E-state index contributed by atoms with van der Waals surface area (Å²) in [6.07, 6.45) is 0. The van der Waals surface area contributed by atoms with Crippen LogP contribution in [0, 0.1) is 0 Å². The number of carbonyl (C=O) groups is 2. The molecular formula is C16H14O7S. The fraction of sp³-hybridized carbons (Fsp3) is 0.125. The third kappa shape index (κ3) is 5.10. The van der Waals surface area contributed by atoms with E-state index in [9.17, 15) is 13.8 Å². The fourth-order valence-electron chi connectivity index (χ4n) is 1.78. The smallest absolute Gasteiger partial charge is 0.341 e. The molecule has 0 amide bonds. The third-order valence-corrected chi connectivity index (χ3v) is 4.13. The van der Waals surface area contributed by atoms with Crippen LogP contribution in [0.2, 0.25) is 0 Å². The molecule has 0 aliphatic rings. The van der Waals surface area contributed by atoms with Crippen molar-refractivity contribution in [1.82, 2.24) is 0 Å². The molecule has 0 spiro atoms. The zero-order valence-corrected chi connectivity index (χ0v) is 13.2. The Balaban J connectivity index is 2.16. The standard InChI is InChI=1S/C16H14O7S/c17-15(18)9-22-11-3-1-5-13(7-11)24(21)14-6-2-4-12(8-14)23-10-16(19)20/h1-8H,9-10H2,(H,17,18)(H,19,20). The largest absolute Gasteiger partial charge is 0.482 e. The molecule has 0 fully saturated rings. The van der Waals surface area contributed by atoms with Crippen molar-refractivity contribution < 1.29 is 33.5 Å². The van der Waals surface area contributed by atoms with E-state index in [0.717, 1.165) is 0 Å². The molecular weight excluding hydrogens is 336 g/mol. The summed E-state index contributed by atoms with van der Waals surface area (Å²) in [5.74, 6) is -1.63. The van der Waals surface area contributed by atoms with Crippen LogP contribution in [0.4, 0.5) is 0 Å². The average Bonchev–Trinajstić information content (AvgIpc) is 2.58. The lowest BCUT2D eigenvalue weighted by Gasteiger charge is -2.08. The summed E-state index contributed by atoms with van der Waals surface area (Å²) in [6, 6.07) is 12.6. The second-order valence-electron chi connectivity index (χ2n) is 4.58. The van der Waals surface area contributed by atoms with Gasteiger partial charge in [-0.15, -0.1) is 0 Å². The first-order valence-corrected chi connectivity index (χ1v) is 7.92. The molecule has 0 aliphatic carbocycles. The van der Waals surface area contributed by atoms with E-state index in [4.69, 9.17) is 19.7 Å². The molecule has 2 aromatic rings. The number of hydrogen-bond acceptors (Lipinski definition) is 5. The van der Waals surface area contributed by atoms with Gasteiger partial charge in [0.15, 0.2) is 13.2 Å². The van der Waals surface area contributed by atoms with Gasteiger partial charge < -0.3 is 19.7 Å². The highest BCUT2D eigenvalue weighted by Gasteiger charge is 2.10. The predicted molar refractivity (Wildman–Crippen MR) is 83.8 cm³/mol. The van der Waals surface area contributed by atoms with Crippen molar-refractivity contribution >= 4 is 22.7 Å². The number of ether oxygens (including phenoxy) is 2.